The molecule has 2 N–H and O–H groups in total. The summed E-state index contributed by atoms with van der Waals surface area (Å²) in [5, 5.41) is 0. The van der Waals surface area contributed by atoms with E-state index in [0.717, 1.165) is 42.3 Å². The Morgan fingerprint density at radius 2 is 1.92 bits per heavy atom. The Morgan fingerprint density at radius 1 is 1.08 bits per heavy atom. The second kappa shape index (κ2) is 7.09. The molecule has 0 radical (unpaired) electrons. The highest BCUT2D eigenvalue weighted by molar-refractivity contribution is 5.62. The van der Waals surface area contributed by atoms with Gasteiger partial charge >= 0.3 is 0 Å². The van der Waals surface area contributed by atoms with Crippen LogP contribution in [0.3, 0.4) is 0 Å². The Kier molecular flexibility index (Phi) is 4.90. The number of nitrogens with zero attached hydrogens (tertiary/aromatic N) is 1. The van der Waals surface area contributed by atoms with E-state index >= 15 is 0 Å². The molecule has 2 unspecified atom stereocenters. The summed E-state index contributed by atoms with van der Waals surface area (Å²) in [5.41, 5.74) is 8.22. The number of halogens is 1. The SMILES string of the molecule is COc1ccc(OC)c(N2CC(N)CC(c3cccc(F)c3)C2)c1. The Hall–Kier alpha value is -2.27. The van der Waals surface area contributed by atoms with Crippen molar-refractivity contribution in [2.24, 2.45) is 5.73 Å². The third-order valence-electron chi connectivity index (χ3n) is 4.53. The number of ether oxygens (including phenoxy) is 2. The number of piperidine rings is 1. The molecule has 24 heavy (non-hydrogen) atoms. The first-order chi connectivity index (χ1) is 11.6. The molecule has 1 aliphatic rings. The average Bonchev–Trinajstić information content (AvgIpc) is 2.60. The lowest BCUT2D eigenvalue weighted by molar-refractivity contribution is 0.397. The molecule has 2 aromatic carbocycles. The smallest absolute Gasteiger partial charge is 0.142 e. The van der Waals surface area contributed by atoms with Crippen LogP contribution >= 0.6 is 0 Å². The molecule has 0 aliphatic carbocycles. The minimum absolute atomic E-state index is 0.0166. The topological polar surface area (TPSA) is 47.7 Å². The highest BCUT2D eigenvalue weighted by Gasteiger charge is 2.28. The Labute approximate surface area is 142 Å². The van der Waals surface area contributed by atoms with Crippen LogP contribution in [0.25, 0.3) is 0 Å². The number of methoxy groups -OCH3 is 2. The van der Waals surface area contributed by atoms with Gasteiger partial charge in [-0.05, 0) is 36.2 Å². The van der Waals surface area contributed by atoms with Gasteiger partial charge in [0.2, 0.25) is 0 Å². The molecule has 0 bridgehead atoms. The summed E-state index contributed by atoms with van der Waals surface area (Å²) >= 11 is 0. The monoisotopic (exact) mass is 330 g/mol. The number of hydrogen-bond acceptors (Lipinski definition) is 4. The number of benzene rings is 2. The standard InChI is InChI=1S/C19H23FN2O2/c1-23-17-6-7-19(24-2)18(10-17)22-11-14(9-16(21)12-22)13-4-3-5-15(20)8-13/h3-8,10,14,16H,9,11-12,21H2,1-2H3. The average molecular weight is 330 g/mol. The lowest BCUT2D eigenvalue weighted by atomic mass is 9.88. The first-order valence-electron chi connectivity index (χ1n) is 8.08. The molecule has 1 heterocycles. The van der Waals surface area contributed by atoms with Gasteiger partial charge in [-0.1, -0.05) is 12.1 Å². The van der Waals surface area contributed by atoms with Gasteiger partial charge in [0.15, 0.2) is 0 Å². The fourth-order valence-corrected chi connectivity index (χ4v) is 3.38. The van der Waals surface area contributed by atoms with Crippen molar-refractivity contribution in [2.75, 3.05) is 32.2 Å². The third-order valence-corrected chi connectivity index (χ3v) is 4.53. The number of nitrogens with two attached hydrogens (primary N) is 1. The first kappa shape index (κ1) is 16.6. The van der Waals surface area contributed by atoms with Crippen molar-refractivity contribution in [1.82, 2.24) is 0 Å². The van der Waals surface area contributed by atoms with E-state index in [9.17, 15) is 4.39 Å². The van der Waals surface area contributed by atoms with Crippen LogP contribution in [-0.4, -0.2) is 33.4 Å². The molecule has 0 spiro atoms. The summed E-state index contributed by atoms with van der Waals surface area (Å²) in [6, 6.07) is 12.5. The minimum atomic E-state index is -0.211. The van der Waals surface area contributed by atoms with Crippen LogP contribution < -0.4 is 20.1 Å². The molecule has 128 valence electrons. The van der Waals surface area contributed by atoms with Crippen LogP contribution in [-0.2, 0) is 0 Å². The highest BCUT2D eigenvalue weighted by atomic mass is 19.1. The van der Waals surface area contributed by atoms with Gasteiger partial charge in [0.25, 0.3) is 0 Å². The van der Waals surface area contributed by atoms with Gasteiger partial charge < -0.3 is 20.1 Å². The molecule has 1 fully saturated rings. The Bertz CT molecular complexity index is 708. The van der Waals surface area contributed by atoms with E-state index in [2.05, 4.69) is 4.90 Å². The van der Waals surface area contributed by atoms with E-state index in [4.69, 9.17) is 15.2 Å². The maximum atomic E-state index is 13.6. The predicted octanol–water partition coefficient (Wildman–Crippen LogP) is 3.16. The van der Waals surface area contributed by atoms with Crippen LogP contribution in [0, 0.1) is 5.82 Å². The van der Waals surface area contributed by atoms with Crippen molar-refractivity contribution in [2.45, 2.75) is 18.4 Å². The molecule has 4 nitrogen and oxygen atoms in total. The van der Waals surface area contributed by atoms with Crippen LogP contribution in [0.1, 0.15) is 17.9 Å². The summed E-state index contributed by atoms with van der Waals surface area (Å²) in [4.78, 5) is 2.20. The number of hydrogen-bond donors (Lipinski definition) is 1. The van der Waals surface area contributed by atoms with E-state index in [1.165, 1.54) is 6.07 Å². The summed E-state index contributed by atoms with van der Waals surface area (Å²) in [7, 11) is 3.29. The van der Waals surface area contributed by atoms with E-state index < -0.39 is 0 Å². The minimum Gasteiger partial charge on any atom is -0.497 e. The molecule has 3 rings (SSSR count). The van der Waals surface area contributed by atoms with Gasteiger partial charge in [-0.15, -0.1) is 0 Å². The Balaban J connectivity index is 1.91. The van der Waals surface area contributed by atoms with Crippen molar-refractivity contribution in [3.8, 4) is 11.5 Å². The summed E-state index contributed by atoms with van der Waals surface area (Å²) < 4.78 is 24.4. The van der Waals surface area contributed by atoms with Gasteiger partial charge in [-0.2, -0.15) is 0 Å². The second-order valence-corrected chi connectivity index (χ2v) is 6.19. The molecular weight excluding hydrogens is 307 g/mol. The van der Waals surface area contributed by atoms with E-state index in [-0.39, 0.29) is 17.8 Å². The molecule has 5 heteroatoms. The Morgan fingerprint density at radius 3 is 2.62 bits per heavy atom. The summed E-state index contributed by atoms with van der Waals surface area (Å²) in [6.07, 6.45) is 0.840. The quantitative estimate of drug-likeness (QED) is 0.935. The van der Waals surface area contributed by atoms with Gasteiger partial charge in [0.1, 0.15) is 17.3 Å². The maximum absolute atomic E-state index is 13.6. The maximum Gasteiger partial charge on any atom is 0.142 e. The third kappa shape index (κ3) is 3.46. The first-order valence-corrected chi connectivity index (χ1v) is 8.08. The fraction of sp³-hybridized carbons (Fsp3) is 0.368. The van der Waals surface area contributed by atoms with Crippen LogP contribution in [0.5, 0.6) is 11.5 Å². The number of anilines is 1. The molecule has 0 amide bonds. The molecule has 1 saturated heterocycles. The number of rotatable bonds is 4. The zero-order chi connectivity index (χ0) is 17.1. The molecule has 0 saturated carbocycles. The molecule has 1 aliphatic heterocycles. The van der Waals surface area contributed by atoms with Crippen LogP contribution in [0.2, 0.25) is 0 Å². The highest BCUT2D eigenvalue weighted by Crippen LogP contribution is 2.36. The normalized spacial score (nSPS) is 20.8. The molecular formula is C19H23FN2O2. The zero-order valence-electron chi connectivity index (χ0n) is 14.0. The fourth-order valence-electron chi connectivity index (χ4n) is 3.38. The largest absolute Gasteiger partial charge is 0.497 e. The lowest BCUT2D eigenvalue weighted by Crippen LogP contribution is -2.46. The van der Waals surface area contributed by atoms with Gasteiger partial charge in [0, 0.05) is 31.1 Å². The van der Waals surface area contributed by atoms with E-state index in [1.54, 1.807) is 26.4 Å². The van der Waals surface area contributed by atoms with Crippen LogP contribution in [0.4, 0.5) is 10.1 Å². The van der Waals surface area contributed by atoms with Crippen molar-refractivity contribution >= 4 is 5.69 Å². The van der Waals surface area contributed by atoms with E-state index in [1.807, 2.05) is 24.3 Å². The van der Waals surface area contributed by atoms with Gasteiger partial charge in [-0.25, -0.2) is 4.39 Å². The zero-order valence-corrected chi connectivity index (χ0v) is 14.0. The van der Waals surface area contributed by atoms with Gasteiger partial charge in [0.05, 0.1) is 19.9 Å². The molecule has 2 atom stereocenters. The predicted molar refractivity (Wildman–Crippen MR) is 93.5 cm³/mol. The second-order valence-electron chi connectivity index (χ2n) is 6.19. The molecule has 0 aromatic heterocycles. The van der Waals surface area contributed by atoms with Crippen molar-refractivity contribution in [3.63, 3.8) is 0 Å². The van der Waals surface area contributed by atoms with Crippen LogP contribution in [0.15, 0.2) is 42.5 Å². The summed E-state index contributed by atoms with van der Waals surface area (Å²) in [5.74, 6) is 1.52. The lowest BCUT2D eigenvalue weighted by Gasteiger charge is -2.38. The van der Waals surface area contributed by atoms with Crippen molar-refractivity contribution in [3.05, 3.63) is 53.8 Å². The summed E-state index contributed by atoms with van der Waals surface area (Å²) in [6.45, 7) is 1.50. The van der Waals surface area contributed by atoms with E-state index in [0.29, 0.717) is 0 Å². The molecule has 2 aromatic rings. The van der Waals surface area contributed by atoms with Gasteiger partial charge in [-0.3, -0.25) is 0 Å². The van der Waals surface area contributed by atoms with Crippen molar-refractivity contribution in [1.29, 1.82) is 0 Å². The van der Waals surface area contributed by atoms with Crippen molar-refractivity contribution < 1.29 is 13.9 Å².